The molecule has 0 saturated carbocycles. The van der Waals surface area contributed by atoms with Crippen LogP contribution >= 0.6 is 11.8 Å². The number of carbonyl (C=O) groups excluding carboxylic acids is 2. The number of phenols is 2. The van der Waals surface area contributed by atoms with Crippen molar-refractivity contribution in [1.29, 1.82) is 5.26 Å². The molecule has 13 heteroatoms. The number of methoxy groups -OCH3 is 1. The molecule has 4 N–H and O–H groups in total. The van der Waals surface area contributed by atoms with Crippen molar-refractivity contribution in [1.82, 2.24) is 15.5 Å². The van der Waals surface area contributed by atoms with Gasteiger partial charge in [-0.3, -0.25) is 9.69 Å². The number of ether oxygens (including phenoxy) is 4. The fraction of sp³-hybridized carbons (Fsp3) is 0.500. The van der Waals surface area contributed by atoms with Crippen LogP contribution in [0.15, 0.2) is 6.07 Å². The highest BCUT2D eigenvalue weighted by molar-refractivity contribution is 7.99. The van der Waals surface area contributed by atoms with E-state index in [1.807, 2.05) is 13.0 Å². The molecule has 0 aliphatic carbocycles. The van der Waals surface area contributed by atoms with Gasteiger partial charge in [0.2, 0.25) is 12.7 Å². The number of fused-ring (bicyclic) bond motifs is 9. The summed E-state index contributed by atoms with van der Waals surface area (Å²) in [5, 5.41) is 39.8. The lowest BCUT2D eigenvalue weighted by molar-refractivity contribution is -0.150. The smallest absolute Gasteiger partial charge is 0.329 e. The zero-order valence-electron chi connectivity index (χ0n) is 24.1. The maximum Gasteiger partial charge on any atom is 0.329 e. The van der Waals surface area contributed by atoms with Crippen LogP contribution in [0, 0.1) is 25.2 Å². The van der Waals surface area contributed by atoms with E-state index in [1.165, 1.54) is 25.8 Å². The Balaban J connectivity index is 1.49. The van der Waals surface area contributed by atoms with Crippen molar-refractivity contribution in [2.24, 2.45) is 0 Å². The minimum absolute atomic E-state index is 0.0285. The van der Waals surface area contributed by atoms with Gasteiger partial charge in [0.1, 0.15) is 24.4 Å². The lowest BCUT2D eigenvalue weighted by Gasteiger charge is -2.58. The molecule has 0 spiro atoms. The molecular formula is C30H32N4O8S. The van der Waals surface area contributed by atoms with Crippen LogP contribution in [0.25, 0.3) is 0 Å². The fourth-order valence-corrected chi connectivity index (χ4v) is 9.18. The summed E-state index contributed by atoms with van der Waals surface area (Å²) in [7, 11) is 1.52. The van der Waals surface area contributed by atoms with E-state index in [2.05, 4.69) is 21.6 Å². The van der Waals surface area contributed by atoms with Gasteiger partial charge in [-0.05, 0) is 31.4 Å². The van der Waals surface area contributed by atoms with Gasteiger partial charge in [-0.2, -0.15) is 5.26 Å². The van der Waals surface area contributed by atoms with Gasteiger partial charge < -0.3 is 39.8 Å². The summed E-state index contributed by atoms with van der Waals surface area (Å²) in [5.74, 6) is 0.559. The topological polar surface area (TPSA) is 163 Å². The van der Waals surface area contributed by atoms with E-state index in [0.717, 1.165) is 11.1 Å². The first-order valence-corrected chi connectivity index (χ1v) is 15.2. The lowest BCUT2D eigenvalue weighted by Crippen LogP contribution is -2.69. The number of aryl methyl sites for hydroxylation is 1. The van der Waals surface area contributed by atoms with Gasteiger partial charge >= 0.3 is 5.97 Å². The number of aromatic hydroxyl groups is 2. The Morgan fingerprint density at radius 2 is 1.95 bits per heavy atom. The number of nitrogens with one attached hydrogen (secondary N) is 2. The zero-order chi connectivity index (χ0) is 30.3. The molecule has 7 atom stereocenters. The number of piperazine rings is 1. The molecule has 2 fully saturated rings. The third-order valence-electron chi connectivity index (χ3n) is 9.31. The second kappa shape index (κ2) is 10.1. The number of benzene rings is 2. The Morgan fingerprint density at radius 1 is 1.19 bits per heavy atom. The summed E-state index contributed by atoms with van der Waals surface area (Å²) in [5.41, 5.74) is 4.17. The monoisotopic (exact) mass is 608 g/mol. The van der Waals surface area contributed by atoms with Gasteiger partial charge in [0.05, 0.1) is 30.5 Å². The molecule has 5 aliphatic rings. The van der Waals surface area contributed by atoms with E-state index < -0.39 is 41.4 Å². The SMILES string of the molecule is COc1c(C)cc2c(c1O)C1NC(C2)[C@H](C#N)N2C1[C@@H]1SCC(NC(C)=O)C(=O)OC[C@H]2c2c3c(c(C)c(O)c21)OCO3. The van der Waals surface area contributed by atoms with Gasteiger partial charge in [0, 0.05) is 47.0 Å². The minimum atomic E-state index is -0.915. The van der Waals surface area contributed by atoms with Crippen LogP contribution in [0.1, 0.15) is 57.6 Å². The van der Waals surface area contributed by atoms with E-state index in [-0.39, 0.29) is 42.6 Å². The van der Waals surface area contributed by atoms with E-state index in [1.54, 1.807) is 6.92 Å². The normalized spacial score (nSPS) is 30.3. The van der Waals surface area contributed by atoms with Crippen molar-refractivity contribution in [3.63, 3.8) is 0 Å². The van der Waals surface area contributed by atoms with Crippen LogP contribution < -0.4 is 24.8 Å². The highest BCUT2D eigenvalue weighted by atomic mass is 32.2. The number of cyclic esters (lactones) is 1. The number of amides is 1. The van der Waals surface area contributed by atoms with Crippen molar-refractivity contribution in [2.45, 2.75) is 68.7 Å². The number of hydrogen-bond donors (Lipinski definition) is 4. The Kier molecular flexibility index (Phi) is 6.57. The predicted molar refractivity (Wildman–Crippen MR) is 153 cm³/mol. The largest absolute Gasteiger partial charge is 0.507 e. The Bertz CT molecular complexity index is 1610. The van der Waals surface area contributed by atoms with Gasteiger partial charge in [-0.1, -0.05) is 6.07 Å². The number of esters is 1. The van der Waals surface area contributed by atoms with Crippen LogP contribution in [0.3, 0.4) is 0 Å². The Hall–Kier alpha value is -3.86. The number of nitrogens with zero attached hydrogens (tertiary/aromatic N) is 2. The maximum absolute atomic E-state index is 13.2. The first-order chi connectivity index (χ1) is 20.7. The minimum Gasteiger partial charge on any atom is -0.507 e. The summed E-state index contributed by atoms with van der Waals surface area (Å²) in [6.07, 6.45) is 0.490. The van der Waals surface area contributed by atoms with Crippen molar-refractivity contribution in [3.05, 3.63) is 39.4 Å². The highest BCUT2D eigenvalue weighted by Gasteiger charge is 2.58. The standard InChI is InChI=1S/C30H32N4O8S/c1-11-5-14-6-15-17(7-31)34-18-8-40-30(38)16(32-13(3)35)9-43-29(23(34)22(33-15)19(14)25(37)26(11)39-4)21-20(18)28-27(41-10-42-28)12(2)24(21)36/h5,15-18,22-23,29,33,36-37H,6,8-10H2,1-4H3,(H,32,35)/t15?,16?,17-,18-,22?,23?,29+/m0/s1. The number of phenolic OH excluding ortho intramolecular Hbond substituents is 2. The molecule has 2 aromatic rings. The summed E-state index contributed by atoms with van der Waals surface area (Å²) in [4.78, 5) is 27.3. The quantitative estimate of drug-likeness (QED) is 0.368. The number of hydrogen-bond acceptors (Lipinski definition) is 12. The van der Waals surface area contributed by atoms with Crippen LogP contribution in [-0.4, -0.2) is 77.4 Å². The summed E-state index contributed by atoms with van der Waals surface area (Å²) in [6, 6.07) is 1.02. The molecule has 0 radical (unpaired) electrons. The van der Waals surface area contributed by atoms with E-state index in [0.29, 0.717) is 45.9 Å². The third kappa shape index (κ3) is 3.96. The number of rotatable bonds is 2. The van der Waals surface area contributed by atoms with Gasteiger partial charge in [0.15, 0.2) is 23.0 Å². The van der Waals surface area contributed by atoms with E-state index >= 15 is 0 Å². The molecule has 0 aromatic heterocycles. The van der Waals surface area contributed by atoms with Crippen LogP contribution in [-0.2, 0) is 20.7 Å². The van der Waals surface area contributed by atoms with Crippen molar-refractivity contribution in [2.75, 3.05) is 26.3 Å². The van der Waals surface area contributed by atoms with Gasteiger partial charge in [-0.25, -0.2) is 4.79 Å². The van der Waals surface area contributed by atoms with Crippen molar-refractivity contribution >= 4 is 23.6 Å². The molecule has 12 nitrogen and oxygen atoms in total. The van der Waals surface area contributed by atoms with Crippen molar-refractivity contribution < 1.29 is 38.7 Å². The summed E-state index contributed by atoms with van der Waals surface area (Å²) < 4.78 is 23.2. The molecule has 2 saturated heterocycles. The zero-order valence-corrected chi connectivity index (χ0v) is 24.9. The lowest BCUT2D eigenvalue weighted by atomic mass is 9.72. The molecular weight excluding hydrogens is 576 g/mol. The maximum atomic E-state index is 13.2. The molecule has 4 bridgehead atoms. The first kappa shape index (κ1) is 27.9. The highest BCUT2D eigenvalue weighted by Crippen LogP contribution is 2.62. The Morgan fingerprint density at radius 3 is 2.67 bits per heavy atom. The molecule has 43 heavy (non-hydrogen) atoms. The van der Waals surface area contributed by atoms with E-state index in [4.69, 9.17) is 18.9 Å². The number of thioether (sulfide) groups is 1. The summed E-state index contributed by atoms with van der Waals surface area (Å²) >= 11 is 1.38. The second-order valence-corrected chi connectivity index (χ2v) is 12.8. The Labute approximate surface area is 252 Å². The van der Waals surface area contributed by atoms with Gasteiger partial charge in [0.25, 0.3) is 0 Å². The first-order valence-electron chi connectivity index (χ1n) is 14.2. The molecule has 4 unspecified atom stereocenters. The average molecular weight is 609 g/mol. The summed E-state index contributed by atoms with van der Waals surface area (Å²) in [6.45, 7) is 4.81. The number of carbonyl (C=O) groups is 2. The third-order valence-corrected chi connectivity index (χ3v) is 10.7. The molecule has 7 rings (SSSR count). The fourth-order valence-electron chi connectivity index (χ4n) is 7.66. The van der Waals surface area contributed by atoms with Crippen molar-refractivity contribution in [3.8, 4) is 34.8 Å². The predicted octanol–water partition coefficient (Wildman–Crippen LogP) is 2.17. The van der Waals surface area contributed by atoms with E-state index in [9.17, 15) is 25.1 Å². The molecule has 1 amide bonds. The molecule has 2 aromatic carbocycles. The van der Waals surface area contributed by atoms with Crippen LogP contribution in [0.4, 0.5) is 0 Å². The second-order valence-electron chi connectivity index (χ2n) is 11.6. The van der Waals surface area contributed by atoms with Gasteiger partial charge in [-0.15, -0.1) is 11.8 Å². The molecule has 5 aliphatic heterocycles. The average Bonchev–Trinajstić information content (AvgIpc) is 3.46. The van der Waals surface area contributed by atoms with Crippen LogP contribution in [0.5, 0.6) is 28.7 Å². The molecule has 5 heterocycles. The molecule has 226 valence electrons. The van der Waals surface area contributed by atoms with Crippen LogP contribution in [0.2, 0.25) is 0 Å². The number of nitriles is 1.